The Morgan fingerprint density at radius 3 is 2.75 bits per heavy atom. The average molecular weight is 325 g/mol. The number of nitrogens with zero attached hydrogens (tertiary/aromatic N) is 2. The summed E-state index contributed by atoms with van der Waals surface area (Å²) < 4.78 is 14.8. The van der Waals surface area contributed by atoms with Crippen molar-refractivity contribution in [2.24, 2.45) is 0 Å². The number of benzene rings is 2. The van der Waals surface area contributed by atoms with Crippen LogP contribution in [-0.2, 0) is 11.3 Å². The van der Waals surface area contributed by atoms with Gasteiger partial charge in [-0.25, -0.2) is 9.37 Å². The molecule has 1 heterocycles. The molecule has 0 aliphatic heterocycles. The fourth-order valence-corrected chi connectivity index (χ4v) is 2.41. The summed E-state index contributed by atoms with van der Waals surface area (Å²) in [6.07, 6.45) is 1.34. The topological polar surface area (TPSA) is 64.0 Å². The van der Waals surface area contributed by atoms with Gasteiger partial charge in [-0.15, -0.1) is 0 Å². The van der Waals surface area contributed by atoms with Crippen LogP contribution in [0.2, 0.25) is 0 Å². The van der Waals surface area contributed by atoms with Crippen LogP contribution in [0.25, 0.3) is 10.9 Å². The SMILES string of the molecule is Cc1ccc2ncn(CC(=O)Nc3ccc(C)c(F)c3)c(=O)c2c1. The van der Waals surface area contributed by atoms with Gasteiger partial charge in [0.05, 0.1) is 17.2 Å². The lowest BCUT2D eigenvalue weighted by atomic mass is 10.2. The molecule has 0 atom stereocenters. The Balaban J connectivity index is 1.84. The first-order valence-electron chi connectivity index (χ1n) is 7.46. The van der Waals surface area contributed by atoms with E-state index >= 15 is 0 Å². The van der Waals surface area contributed by atoms with Gasteiger partial charge in [0, 0.05) is 5.69 Å². The summed E-state index contributed by atoms with van der Waals surface area (Å²) in [5.74, 6) is -0.818. The van der Waals surface area contributed by atoms with E-state index in [9.17, 15) is 14.0 Å². The van der Waals surface area contributed by atoms with Crippen molar-refractivity contribution in [3.63, 3.8) is 0 Å². The van der Waals surface area contributed by atoms with Crippen LogP contribution in [0.15, 0.2) is 47.5 Å². The minimum atomic E-state index is -0.422. The van der Waals surface area contributed by atoms with Crippen LogP contribution in [-0.4, -0.2) is 15.5 Å². The number of halogens is 1. The molecule has 2 aromatic carbocycles. The largest absolute Gasteiger partial charge is 0.324 e. The zero-order valence-corrected chi connectivity index (χ0v) is 13.3. The molecule has 6 heteroatoms. The van der Waals surface area contributed by atoms with Gasteiger partial charge in [0.25, 0.3) is 5.56 Å². The van der Waals surface area contributed by atoms with Crippen molar-refractivity contribution >= 4 is 22.5 Å². The predicted molar refractivity (Wildman–Crippen MR) is 90.5 cm³/mol. The molecule has 5 nitrogen and oxygen atoms in total. The first kappa shape index (κ1) is 15.9. The number of anilines is 1. The van der Waals surface area contributed by atoms with Gasteiger partial charge < -0.3 is 5.32 Å². The third-order valence-electron chi connectivity index (χ3n) is 3.75. The molecule has 0 spiro atoms. The van der Waals surface area contributed by atoms with E-state index in [4.69, 9.17) is 0 Å². The second-order valence-corrected chi connectivity index (χ2v) is 5.71. The van der Waals surface area contributed by atoms with Gasteiger partial charge in [-0.2, -0.15) is 0 Å². The minimum Gasteiger partial charge on any atom is -0.324 e. The monoisotopic (exact) mass is 325 g/mol. The summed E-state index contributed by atoms with van der Waals surface area (Å²) in [6.45, 7) is 3.34. The van der Waals surface area contributed by atoms with E-state index in [2.05, 4.69) is 10.3 Å². The Hall–Kier alpha value is -3.02. The molecule has 1 N–H and O–H groups in total. The molecule has 0 unspecified atom stereocenters. The van der Waals surface area contributed by atoms with Crippen molar-refractivity contribution in [1.29, 1.82) is 0 Å². The zero-order valence-electron chi connectivity index (χ0n) is 13.3. The number of aryl methyl sites for hydroxylation is 2. The van der Waals surface area contributed by atoms with Gasteiger partial charge in [-0.3, -0.25) is 14.2 Å². The quantitative estimate of drug-likeness (QED) is 0.805. The van der Waals surface area contributed by atoms with Gasteiger partial charge in [-0.1, -0.05) is 17.7 Å². The van der Waals surface area contributed by atoms with Crippen LogP contribution in [0.1, 0.15) is 11.1 Å². The second-order valence-electron chi connectivity index (χ2n) is 5.71. The summed E-state index contributed by atoms with van der Waals surface area (Å²) in [5.41, 5.74) is 2.09. The fourth-order valence-electron chi connectivity index (χ4n) is 2.41. The molecule has 0 saturated heterocycles. The highest BCUT2D eigenvalue weighted by Gasteiger charge is 2.09. The van der Waals surface area contributed by atoms with Crippen LogP contribution < -0.4 is 10.9 Å². The fraction of sp³-hybridized carbons (Fsp3) is 0.167. The first-order chi connectivity index (χ1) is 11.4. The smallest absolute Gasteiger partial charge is 0.261 e. The van der Waals surface area contributed by atoms with Crippen molar-refractivity contribution in [2.75, 3.05) is 5.32 Å². The Morgan fingerprint density at radius 1 is 1.21 bits per heavy atom. The highest BCUT2D eigenvalue weighted by molar-refractivity contribution is 5.90. The predicted octanol–water partition coefficient (Wildman–Crippen LogP) is 2.79. The molecule has 0 radical (unpaired) electrons. The minimum absolute atomic E-state index is 0.189. The lowest BCUT2D eigenvalue weighted by Gasteiger charge is -2.09. The molecule has 0 saturated carbocycles. The molecule has 0 aliphatic carbocycles. The van der Waals surface area contributed by atoms with Crippen molar-refractivity contribution in [3.8, 4) is 0 Å². The molecule has 1 amide bonds. The molecule has 3 aromatic rings. The van der Waals surface area contributed by atoms with Gasteiger partial charge in [0.1, 0.15) is 12.4 Å². The number of nitrogens with one attached hydrogen (secondary N) is 1. The molecular weight excluding hydrogens is 309 g/mol. The Kier molecular flexibility index (Phi) is 4.12. The lowest BCUT2D eigenvalue weighted by Crippen LogP contribution is -2.28. The first-order valence-corrected chi connectivity index (χ1v) is 7.46. The van der Waals surface area contributed by atoms with E-state index in [1.54, 1.807) is 31.2 Å². The third-order valence-corrected chi connectivity index (χ3v) is 3.75. The van der Waals surface area contributed by atoms with Gasteiger partial charge in [0.2, 0.25) is 5.91 Å². The van der Waals surface area contributed by atoms with Crippen molar-refractivity contribution in [3.05, 3.63) is 70.0 Å². The molecule has 0 aliphatic rings. The number of amides is 1. The summed E-state index contributed by atoms with van der Waals surface area (Å²) in [4.78, 5) is 28.8. The normalized spacial score (nSPS) is 10.8. The van der Waals surface area contributed by atoms with Crippen LogP contribution in [0, 0.1) is 19.7 Å². The summed E-state index contributed by atoms with van der Waals surface area (Å²) in [5, 5.41) is 3.04. The molecule has 3 rings (SSSR count). The summed E-state index contributed by atoms with van der Waals surface area (Å²) in [7, 11) is 0. The maximum Gasteiger partial charge on any atom is 0.261 e. The van der Waals surface area contributed by atoms with Crippen molar-refractivity contribution in [1.82, 2.24) is 9.55 Å². The second kappa shape index (κ2) is 6.23. The van der Waals surface area contributed by atoms with Crippen molar-refractivity contribution < 1.29 is 9.18 Å². The Bertz CT molecular complexity index is 995. The Labute approximate surface area is 137 Å². The van der Waals surface area contributed by atoms with Crippen molar-refractivity contribution in [2.45, 2.75) is 20.4 Å². The van der Waals surface area contributed by atoms with Crippen LogP contribution in [0.4, 0.5) is 10.1 Å². The van der Waals surface area contributed by atoms with Gasteiger partial charge >= 0.3 is 0 Å². The molecular formula is C18H16FN3O2. The van der Waals surface area contributed by atoms with E-state index in [-0.39, 0.29) is 12.1 Å². The number of carbonyl (C=O) groups excluding carboxylic acids is 1. The van der Waals surface area contributed by atoms with E-state index in [1.807, 2.05) is 13.0 Å². The number of carbonyl (C=O) groups is 1. The molecule has 0 fully saturated rings. The summed E-state index contributed by atoms with van der Waals surface area (Å²) >= 11 is 0. The standard InChI is InChI=1S/C18H16FN3O2/c1-11-3-6-16-14(7-11)18(24)22(10-20-16)9-17(23)21-13-5-4-12(2)15(19)8-13/h3-8,10H,9H2,1-2H3,(H,21,23). The van der Waals surface area contributed by atoms with Crippen LogP contribution in [0.3, 0.4) is 0 Å². The molecule has 0 bridgehead atoms. The van der Waals surface area contributed by atoms with Crippen LogP contribution >= 0.6 is 0 Å². The van der Waals surface area contributed by atoms with Gasteiger partial charge in [-0.05, 0) is 43.7 Å². The van der Waals surface area contributed by atoms with Gasteiger partial charge in [0.15, 0.2) is 0 Å². The summed E-state index contributed by atoms with van der Waals surface area (Å²) in [6, 6.07) is 9.83. The maximum atomic E-state index is 13.5. The Morgan fingerprint density at radius 2 is 2.00 bits per heavy atom. The van der Waals surface area contributed by atoms with E-state index < -0.39 is 11.7 Å². The number of hydrogen-bond donors (Lipinski definition) is 1. The lowest BCUT2D eigenvalue weighted by molar-refractivity contribution is -0.116. The number of aromatic nitrogens is 2. The third kappa shape index (κ3) is 3.17. The highest BCUT2D eigenvalue weighted by Crippen LogP contribution is 2.13. The maximum absolute atomic E-state index is 13.5. The molecule has 24 heavy (non-hydrogen) atoms. The average Bonchev–Trinajstić information content (AvgIpc) is 2.54. The van der Waals surface area contributed by atoms with E-state index in [0.29, 0.717) is 22.2 Å². The van der Waals surface area contributed by atoms with Crippen LogP contribution in [0.5, 0.6) is 0 Å². The number of rotatable bonds is 3. The van der Waals surface area contributed by atoms with E-state index in [1.165, 1.54) is 17.0 Å². The van der Waals surface area contributed by atoms with E-state index in [0.717, 1.165) is 5.56 Å². The highest BCUT2D eigenvalue weighted by atomic mass is 19.1. The number of fused-ring (bicyclic) bond motifs is 1. The zero-order chi connectivity index (χ0) is 17.3. The molecule has 122 valence electrons. The molecule has 1 aromatic heterocycles. The number of hydrogen-bond acceptors (Lipinski definition) is 3.